The van der Waals surface area contributed by atoms with Crippen LogP contribution in [0.3, 0.4) is 0 Å². The summed E-state index contributed by atoms with van der Waals surface area (Å²) in [5, 5.41) is 23.0. The maximum Gasteiger partial charge on any atom is 0.407 e. The number of hydrogen-bond donors (Lipinski definition) is 3. The molecule has 0 saturated heterocycles. The highest BCUT2D eigenvalue weighted by atomic mass is 79.9. The largest absolute Gasteiger partial charge is 0.491 e. The van der Waals surface area contributed by atoms with Gasteiger partial charge in [-0.15, -0.1) is 0 Å². The lowest BCUT2D eigenvalue weighted by Crippen LogP contribution is -2.40. The summed E-state index contributed by atoms with van der Waals surface area (Å²) in [4.78, 5) is 12.7. The zero-order chi connectivity index (χ0) is 22.8. The van der Waals surface area contributed by atoms with Crippen LogP contribution in [0.25, 0.3) is 0 Å². The lowest BCUT2D eigenvalue weighted by Gasteiger charge is -2.22. The average Bonchev–Trinajstić information content (AvgIpc) is 2.81. The van der Waals surface area contributed by atoms with E-state index in [1.807, 2.05) is 66.7 Å². The van der Waals surface area contributed by atoms with E-state index in [4.69, 9.17) is 4.74 Å². The molecule has 168 valence electrons. The van der Waals surface area contributed by atoms with Gasteiger partial charge in [-0.25, -0.2) is 4.79 Å². The maximum absolute atomic E-state index is 11.5. The number of hydrogen-bond acceptors (Lipinski definition) is 4. The number of carboxylic acid groups (broad SMARTS) is 1. The van der Waals surface area contributed by atoms with Gasteiger partial charge in [-0.05, 0) is 53.9 Å². The first-order valence-corrected chi connectivity index (χ1v) is 11.2. The Morgan fingerprint density at radius 1 is 0.969 bits per heavy atom. The van der Waals surface area contributed by atoms with Crippen LogP contribution in [-0.4, -0.2) is 47.0 Å². The molecule has 1 amide bonds. The van der Waals surface area contributed by atoms with Crippen LogP contribution >= 0.6 is 15.9 Å². The van der Waals surface area contributed by atoms with Crippen molar-refractivity contribution in [1.29, 1.82) is 0 Å². The number of aliphatic hydroxyl groups is 1. The van der Waals surface area contributed by atoms with Gasteiger partial charge in [0.05, 0.1) is 6.54 Å². The van der Waals surface area contributed by atoms with Crippen LogP contribution in [0.2, 0.25) is 0 Å². The smallest absolute Gasteiger partial charge is 0.407 e. The van der Waals surface area contributed by atoms with Crippen molar-refractivity contribution in [3.05, 3.63) is 94.5 Å². The summed E-state index contributed by atoms with van der Waals surface area (Å²) in [5.41, 5.74) is 3.18. The molecule has 0 aliphatic heterocycles. The van der Waals surface area contributed by atoms with Crippen molar-refractivity contribution < 1.29 is 19.7 Å². The monoisotopic (exact) mass is 498 g/mol. The highest BCUT2D eigenvalue weighted by molar-refractivity contribution is 9.10. The lowest BCUT2D eigenvalue weighted by atomic mass is 10.1. The Labute approximate surface area is 196 Å². The Morgan fingerprint density at radius 3 is 2.31 bits per heavy atom. The second-order valence-corrected chi connectivity index (χ2v) is 8.35. The van der Waals surface area contributed by atoms with Gasteiger partial charge in [-0.1, -0.05) is 58.4 Å². The molecule has 0 aromatic heterocycles. The van der Waals surface area contributed by atoms with Gasteiger partial charge < -0.3 is 25.2 Å². The summed E-state index contributed by atoms with van der Waals surface area (Å²) in [6.07, 6.45) is -1.38. The molecule has 3 aromatic carbocycles. The number of aliphatic hydroxyl groups excluding tert-OH is 1. The molecule has 0 bridgehead atoms. The highest BCUT2D eigenvalue weighted by Gasteiger charge is 2.17. The zero-order valence-electron chi connectivity index (χ0n) is 17.7. The van der Waals surface area contributed by atoms with Gasteiger partial charge in [0, 0.05) is 23.2 Å². The van der Waals surface area contributed by atoms with Crippen molar-refractivity contribution in [1.82, 2.24) is 4.90 Å². The molecule has 0 unspecified atom stereocenters. The molecule has 6 nitrogen and oxygen atoms in total. The maximum atomic E-state index is 11.5. The third kappa shape index (κ3) is 7.90. The molecule has 3 aromatic rings. The van der Waals surface area contributed by atoms with Gasteiger partial charge in [0.15, 0.2) is 0 Å². The van der Waals surface area contributed by atoms with E-state index in [0.29, 0.717) is 25.3 Å². The van der Waals surface area contributed by atoms with Crippen LogP contribution in [0, 0.1) is 0 Å². The predicted octanol–water partition coefficient (Wildman–Crippen LogP) is 5.02. The second kappa shape index (κ2) is 12.1. The van der Waals surface area contributed by atoms with Crippen LogP contribution < -0.4 is 10.1 Å². The number of rotatable bonds is 11. The lowest BCUT2D eigenvalue weighted by molar-refractivity contribution is 0.0655. The van der Waals surface area contributed by atoms with Crippen molar-refractivity contribution in [2.45, 2.75) is 19.1 Å². The summed E-state index contributed by atoms with van der Waals surface area (Å²) in [6.45, 7) is 1.03. The molecule has 0 aliphatic carbocycles. The number of ether oxygens (including phenoxy) is 1. The quantitative estimate of drug-likeness (QED) is 0.345. The molecule has 1 atom stereocenters. The van der Waals surface area contributed by atoms with Gasteiger partial charge in [0.2, 0.25) is 0 Å². The summed E-state index contributed by atoms with van der Waals surface area (Å²) in [5.74, 6) is 0.615. The average molecular weight is 499 g/mol. The molecule has 0 aliphatic rings. The molecule has 0 fully saturated rings. The van der Waals surface area contributed by atoms with Crippen LogP contribution in [0.15, 0.2) is 83.3 Å². The van der Waals surface area contributed by atoms with E-state index >= 15 is 0 Å². The third-order valence-electron chi connectivity index (χ3n) is 4.92. The minimum atomic E-state index is -1.05. The fourth-order valence-electron chi connectivity index (χ4n) is 3.15. The number of nitrogens with zero attached hydrogens (tertiary/aromatic N) is 1. The standard InChI is InChI=1S/C25H27BrN2O4/c26-21-8-6-20(7-9-21)16-27-22-10-12-24(13-11-22)32-18-23(29)17-28(25(30)31)15-14-19-4-2-1-3-5-19/h1-13,23,27,29H,14-18H2,(H,30,31)/t23-/m0/s1. The summed E-state index contributed by atoms with van der Waals surface area (Å²) < 4.78 is 6.69. The second-order valence-electron chi connectivity index (χ2n) is 7.43. The van der Waals surface area contributed by atoms with Crippen molar-refractivity contribution in [3.63, 3.8) is 0 Å². The summed E-state index contributed by atoms with van der Waals surface area (Å²) in [6, 6.07) is 25.2. The van der Waals surface area contributed by atoms with E-state index in [1.165, 1.54) is 10.5 Å². The van der Waals surface area contributed by atoms with E-state index in [2.05, 4.69) is 33.4 Å². The molecular formula is C25H27BrN2O4. The Bertz CT molecular complexity index is 965. The highest BCUT2D eigenvalue weighted by Crippen LogP contribution is 2.17. The van der Waals surface area contributed by atoms with E-state index in [9.17, 15) is 15.0 Å². The molecular weight excluding hydrogens is 472 g/mol. The number of nitrogens with one attached hydrogen (secondary N) is 1. The first-order valence-electron chi connectivity index (χ1n) is 10.4. The van der Waals surface area contributed by atoms with E-state index in [1.54, 1.807) is 0 Å². The number of carbonyl (C=O) groups is 1. The van der Waals surface area contributed by atoms with Crippen LogP contribution in [-0.2, 0) is 13.0 Å². The number of amides is 1. The first-order chi connectivity index (χ1) is 15.5. The van der Waals surface area contributed by atoms with Gasteiger partial charge >= 0.3 is 6.09 Å². The number of anilines is 1. The van der Waals surface area contributed by atoms with Crippen molar-refractivity contribution >= 4 is 27.7 Å². The van der Waals surface area contributed by atoms with Gasteiger partial charge in [0.25, 0.3) is 0 Å². The molecule has 3 N–H and O–H groups in total. The first kappa shape index (κ1) is 23.6. The fourth-order valence-corrected chi connectivity index (χ4v) is 3.41. The molecule has 0 radical (unpaired) electrons. The SMILES string of the molecule is O=C(O)N(CCc1ccccc1)C[C@H](O)COc1ccc(NCc2ccc(Br)cc2)cc1. The van der Waals surface area contributed by atoms with E-state index < -0.39 is 12.2 Å². The topological polar surface area (TPSA) is 82.0 Å². The van der Waals surface area contributed by atoms with Crippen molar-refractivity contribution in [3.8, 4) is 5.75 Å². The van der Waals surface area contributed by atoms with Crippen LogP contribution in [0.1, 0.15) is 11.1 Å². The molecule has 0 spiro atoms. The number of halogens is 1. The molecule has 7 heteroatoms. The van der Waals surface area contributed by atoms with Gasteiger partial charge in [-0.3, -0.25) is 0 Å². The minimum Gasteiger partial charge on any atom is -0.491 e. The summed E-state index contributed by atoms with van der Waals surface area (Å²) in [7, 11) is 0. The Hall–Kier alpha value is -3.03. The molecule has 32 heavy (non-hydrogen) atoms. The molecule has 0 heterocycles. The zero-order valence-corrected chi connectivity index (χ0v) is 19.2. The molecule has 0 saturated carbocycles. The predicted molar refractivity (Wildman–Crippen MR) is 129 cm³/mol. The Balaban J connectivity index is 1.42. The third-order valence-corrected chi connectivity index (χ3v) is 5.45. The number of benzene rings is 3. The van der Waals surface area contributed by atoms with Crippen molar-refractivity contribution in [2.24, 2.45) is 0 Å². The van der Waals surface area contributed by atoms with Crippen LogP contribution in [0.4, 0.5) is 10.5 Å². The fraction of sp³-hybridized carbons (Fsp3) is 0.240. The van der Waals surface area contributed by atoms with Crippen molar-refractivity contribution in [2.75, 3.05) is 25.0 Å². The van der Waals surface area contributed by atoms with Crippen LogP contribution in [0.5, 0.6) is 5.75 Å². The van der Waals surface area contributed by atoms with Gasteiger partial charge in [0.1, 0.15) is 18.5 Å². The normalized spacial score (nSPS) is 11.6. The Morgan fingerprint density at radius 2 is 1.66 bits per heavy atom. The van der Waals surface area contributed by atoms with E-state index in [0.717, 1.165) is 15.7 Å². The summed E-state index contributed by atoms with van der Waals surface area (Å²) >= 11 is 3.43. The van der Waals surface area contributed by atoms with E-state index in [-0.39, 0.29) is 13.2 Å². The minimum absolute atomic E-state index is 0.00496. The Kier molecular flexibility index (Phi) is 8.95. The van der Waals surface area contributed by atoms with Gasteiger partial charge in [-0.2, -0.15) is 0 Å². The molecule has 3 rings (SSSR count).